The molecule has 0 bridgehead atoms. The van der Waals surface area contributed by atoms with E-state index in [1.165, 1.54) is 18.2 Å². The van der Waals surface area contributed by atoms with Gasteiger partial charge in [0.2, 0.25) is 5.91 Å². The van der Waals surface area contributed by atoms with Crippen molar-refractivity contribution in [2.45, 2.75) is 20.4 Å². The first-order valence-corrected chi connectivity index (χ1v) is 7.79. The van der Waals surface area contributed by atoms with Gasteiger partial charge in [-0.3, -0.25) is 19.8 Å². The maximum atomic E-state index is 12.2. The van der Waals surface area contributed by atoms with Crippen molar-refractivity contribution in [1.82, 2.24) is 4.90 Å². The normalized spacial score (nSPS) is 10.7. The first-order chi connectivity index (χ1) is 11.8. The van der Waals surface area contributed by atoms with Crippen molar-refractivity contribution in [3.8, 4) is 5.75 Å². The van der Waals surface area contributed by atoms with Crippen molar-refractivity contribution in [1.29, 1.82) is 0 Å². The van der Waals surface area contributed by atoms with Crippen LogP contribution in [0, 0.1) is 24.0 Å². The van der Waals surface area contributed by atoms with Crippen molar-refractivity contribution >= 4 is 17.3 Å². The van der Waals surface area contributed by atoms with Crippen molar-refractivity contribution < 1.29 is 14.8 Å². The highest BCUT2D eigenvalue weighted by Crippen LogP contribution is 2.24. The van der Waals surface area contributed by atoms with E-state index in [1.807, 2.05) is 32.0 Å². The van der Waals surface area contributed by atoms with Crippen LogP contribution in [-0.4, -0.2) is 34.4 Å². The zero-order valence-corrected chi connectivity index (χ0v) is 14.4. The number of rotatable bonds is 6. The third kappa shape index (κ3) is 4.77. The molecular weight excluding hydrogens is 322 g/mol. The zero-order chi connectivity index (χ0) is 18.6. The molecule has 0 atom stereocenters. The third-order valence-corrected chi connectivity index (χ3v) is 4.01. The molecule has 7 heteroatoms. The molecule has 0 spiro atoms. The van der Waals surface area contributed by atoms with Crippen LogP contribution in [0.1, 0.15) is 16.7 Å². The highest BCUT2D eigenvalue weighted by molar-refractivity contribution is 5.93. The van der Waals surface area contributed by atoms with Crippen LogP contribution in [0.15, 0.2) is 36.4 Å². The highest BCUT2D eigenvalue weighted by Gasteiger charge is 2.14. The van der Waals surface area contributed by atoms with Crippen LogP contribution < -0.4 is 5.32 Å². The lowest BCUT2D eigenvalue weighted by Crippen LogP contribution is -2.30. The van der Waals surface area contributed by atoms with E-state index in [0.29, 0.717) is 5.56 Å². The van der Waals surface area contributed by atoms with Crippen molar-refractivity contribution in [2.24, 2.45) is 0 Å². The average molecular weight is 343 g/mol. The van der Waals surface area contributed by atoms with Gasteiger partial charge in [-0.25, -0.2) is 0 Å². The maximum absolute atomic E-state index is 12.2. The molecule has 0 saturated heterocycles. The Kier molecular flexibility index (Phi) is 5.71. The van der Waals surface area contributed by atoms with Crippen molar-refractivity contribution in [2.75, 3.05) is 18.9 Å². The predicted molar refractivity (Wildman–Crippen MR) is 95.6 cm³/mol. The Morgan fingerprint density at radius 3 is 2.68 bits per heavy atom. The number of non-ortho nitro benzene ring substituents is 1. The number of anilines is 1. The van der Waals surface area contributed by atoms with E-state index >= 15 is 0 Å². The van der Waals surface area contributed by atoms with Crippen LogP contribution in [0.2, 0.25) is 0 Å². The summed E-state index contributed by atoms with van der Waals surface area (Å²) in [6, 6.07) is 9.54. The highest BCUT2D eigenvalue weighted by atomic mass is 16.6. The molecule has 0 aromatic heterocycles. The molecule has 2 aromatic rings. The molecule has 0 heterocycles. The number of hydrogen-bond donors (Lipinski definition) is 2. The van der Waals surface area contributed by atoms with E-state index in [4.69, 9.17) is 0 Å². The number of nitrogens with one attached hydrogen (secondary N) is 1. The molecule has 132 valence electrons. The molecular formula is C18H21N3O4. The average Bonchev–Trinajstić information content (AvgIpc) is 2.53. The SMILES string of the molecule is Cc1cccc(NC(=O)CN(C)Cc2cc([N+](=O)[O-])ccc2O)c1C. The van der Waals surface area contributed by atoms with Crippen LogP contribution >= 0.6 is 0 Å². The fraction of sp³-hybridized carbons (Fsp3) is 0.278. The molecule has 2 aromatic carbocycles. The zero-order valence-electron chi connectivity index (χ0n) is 14.4. The minimum absolute atomic E-state index is 0.0348. The number of carbonyl (C=O) groups is 1. The van der Waals surface area contributed by atoms with Gasteiger partial charge >= 0.3 is 0 Å². The van der Waals surface area contributed by atoms with Crippen LogP contribution in [0.5, 0.6) is 5.75 Å². The van der Waals surface area contributed by atoms with Gasteiger partial charge in [0.15, 0.2) is 0 Å². The Morgan fingerprint density at radius 2 is 2.00 bits per heavy atom. The third-order valence-electron chi connectivity index (χ3n) is 4.01. The van der Waals surface area contributed by atoms with Gasteiger partial charge in [-0.1, -0.05) is 12.1 Å². The van der Waals surface area contributed by atoms with Gasteiger partial charge in [0.25, 0.3) is 5.69 Å². The Bertz CT molecular complexity index is 805. The molecule has 2 rings (SSSR count). The number of benzene rings is 2. The fourth-order valence-electron chi connectivity index (χ4n) is 2.48. The summed E-state index contributed by atoms with van der Waals surface area (Å²) >= 11 is 0. The summed E-state index contributed by atoms with van der Waals surface area (Å²) < 4.78 is 0. The number of phenols is 1. The smallest absolute Gasteiger partial charge is 0.270 e. The van der Waals surface area contributed by atoms with E-state index < -0.39 is 4.92 Å². The van der Waals surface area contributed by atoms with E-state index in [1.54, 1.807) is 11.9 Å². The molecule has 0 aliphatic heterocycles. The molecule has 25 heavy (non-hydrogen) atoms. The molecule has 0 fully saturated rings. The summed E-state index contributed by atoms with van der Waals surface area (Å²) in [5, 5.41) is 23.5. The summed E-state index contributed by atoms with van der Waals surface area (Å²) in [5.74, 6) is -0.228. The van der Waals surface area contributed by atoms with Crippen molar-refractivity contribution in [3.05, 3.63) is 63.2 Å². The molecule has 0 unspecified atom stereocenters. The Labute approximate surface area is 146 Å². The van der Waals surface area contributed by atoms with Crippen LogP contribution in [0.3, 0.4) is 0 Å². The maximum Gasteiger partial charge on any atom is 0.270 e. The molecule has 0 saturated carbocycles. The van der Waals surface area contributed by atoms with E-state index in [2.05, 4.69) is 5.32 Å². The van der Waals surface area contributed by atoms with Gasteiger partial charge in [0.05, 0.1) is 11.5 Å². The summed E-state index contributed by atoms with van der Waals surface area (Å²) in [6.45, 7) is 4.22. The number of nitro benzene ring substituents is 1. The molecule has 0 aliphatic carbocycles. The number of phenolic OH excluding ortho intramolecular Hbond substituents is 1. The lowest BCUT2D eigenvalue weighted by atomic mass is 10.1. The molecule has 1 amide bonds. The minimum atomic E-state index is -0.518. The summed E-state index contributed by atoms with van der Waals surface area (Å²) in [6.07, 6.45) is 0. The van der Waals surface area contributed by atoms with Gasteiger partial charge in [0.1, 0.15) is 5.75 Å². The van der Waals surface area contributed by atoms with Gasteiger partial charge in [-0.2, -0.15) is 0 Å². The van der Waals surface area contributed by atoms with E-state index in [0.717, 1.165) is 16.8 Å². The first-order valence-electron chi connectivity index (χ1n) is 7.79. The second-order valence-electron chi connectivity index (χ2n) is 6.04. The quantitative estimate of drug-likeness (QED) is 0.621. The monoisotopic (exact) mass is 343 g/mol. The minimum Gasteiger partial charge on any atom is -0.508 e. The van der Waals surface area contributed by atoms with Gasteiger partial charge < -0.3 is 10.4 Å². The van der Waals surface area contributed by atoms with Crippen LogP contribution in [-0.2, 0) is 11.3 Å². The number of nitro groups is 1. The van der Waals surface area contributed by atoms with Gasteiger partial charge in [-0.05, 0) is 44.2 Å². The van der Waals surface area contributed by atoms with E-state index in [-0.39, 0.29) is 30.4 Å². The number of likely N-dealkylation sites (N-methyl/N-ethyl adjacent to an activating group) is 1. The number of nitrogens with zero attached hydrogens (tertiary/aromatic N) is 2. The Hall–Kier alpha value is -2.93. The lowest BCUT2D eigenvalue weighted by molar-refractivity contribution is -0.385. The van der Waals surface area contributed by atoms with Crippen LogP contribution in [0.4, 0.5) is 11.4 Å². The number of carbonyl (C=O) groups excluding carboxylic acids is 1. The largest absolute Gasteiger partial charge is 0.508 e. The fourth-order valence-corrected chi connectivity index (χ4v) is 2.48. The number of aryl methyl sites for hydroxylation is 1. The summed E-state index contributed by atoms with van der Waals surface area (Å²) in [5.41, 5.74) is 3.16. The van der Waals surface area contributed by atoms with Crippen molar-refractivity contribution in [3.63, 3.8) is 0 Å². The topological polar surface area (TPSA) is 95.7 Å². The predicted octanol–water partition coefficient (Wildman–Crippen LogP) is 2.99. The second kappa shape index (κ2) is 7.76. The van der Waals surface area contributed by atoms with Gasteiger partial charge in [-0.15, -0.1) is 0 Å². The molecule has 7 nitrogen and oxygen atoms in total. The lowest BCUT2D eigenvalue weighted by Gasteiger charge is -2.18. The van der Waals surface area contributed by atoms with Gasteiger partial charge in [0, 0.05) is 29.9 Å². The van der Waals surface area contributed by atoms with Crippen LogP contribution in [0.25, 0.3) is 0 Å². The van der Waals surface area contributed by atoms with E-state index in [9.17, 15) is 20.0 Å². The second-order valence-corrected chi connectivity index (χ2v) is 6.04. The Balaban J connectivity index is 2.01. The number of aromatic hydroxyl groups is 1. The molecule has 0 aliphatic rings. The standard InChI is InChI=1S/C18H21N3O4/c1-12-5-4-6-16(13(12)2)19-18(23)11-20(3)10-14-9-15(21(24)25)7-8-17(14)22/h4-9,22H,10-11H2,1-3H3,(H,19,23). The Morgan fingerprint density at radius 1 is 1.28 bits per heavy atom. The number of hydrogen-bond acceptors (Lipinski definition) is 5. The molecule has 2 N–H and O–H groups in total. The molecule has 0 radical (unpaired) electrons. The number of amides is 1. The summed E-state index contributed by atoms with van der Waals surface area (Å²) in [4.78, 5) is 24.2. The first kappa shape index (κ1) is 18.4. The summed E-state index contributed by atoms with van der Waals surface area (Å²) in [7, 11) is 1.71.